The lowest BCUT2D eigenvalue weighted by Gasteiger charge is -2.31. The van der Waals surface area contributed by atoms with Crippen LogP contribution in [-0.2, 0) is 9.84 Å². The van der Waals surface area contributed by atoms with Gasteiger partial charge in [0, 0.05) is 13.1 Å². The maximum atomic E-state index is 12.8. The van der Waals surface area contributed by atoms with E-state index in [4.69, 9.17) is 0 Å². The van der Waals surface area contributed by atoms with Gasteiger partial charge in [-0.3, -0.25) is 4.98 Å². The van der Waals surface area contributed by atoms with E-state index in [2.05, 4.69) is 20.4 Å². The average molecular weight is 463 g/mol. The third-order valence-corrected chi connectivity index (χ3v) is 8.02. The van der Waals surface area contributed by atoms with E-state index in [9.17, 15) is 13.2 Å². The van der Waals surface area contributed by atoms with E-state index in [1.165, 1.54) is 0 Å². The molecule has 0 saturated carbocycles. The Hall–Kier alpha value is -3.79. The number of nitrogens with zero attached hydrogens (tertiary/aromatic N) is 5. The molecule has 0 bridgehead atoms. The van der Waals surface area contributed by atoms with Gasteiger partial charge in [-0.15, -0.1) is 0 Å². The minimum Gasteiger partial charge on any atom is -0.324 e. The Balaban J connectivity index is 1.22. The van der Waals surface area contributed by atoms with Crippen molar-refractivity contribution in [1.82, 2.24) is 24.6 Å². The second-order valence-corrected chi connectivity index (χ2v) is 10.1. The Morgan fingerprint density at radius 1 is 0.939 bits per heavy atom. The van der Waals surface area contributed by atoms with Crippen molar-refractivity contribution in [2.24, 2.45) is 0 Å². The Morgan fingerprint density at radius 2 is 1.64 bits per heavy atom. The number of nitrogens with one attached hydrogen (secondary N) is 1. The number of sulfone groups is 1. The van der Waals surface area contributed by atoms with Crippen molar-refractivity contribution in [1.29, 1.82) is 0 Å². The molecule has 1 N–H and O–H groups in total. The van der Waals surface area contributed by atoms with Gasteiger partial charge in [0.25, 0.3) is 0 Å². The van der Waals surface area contributed by atoms with Crippen LogP contribution >= 0.6 is 0 Å². The SMILES string of the molecule is O=C(Nc1cnn(-c2cnc3ccccc3n2)c1)N1CCC(S(=O)(=O)c2ccccc2)CC1. The predicted molar refractivity (Wildman–Crippen MR) is 124 cm³/mol. The van der Waals surface area contributed by atoms with Crippen LogP contribution in [0.5, 0.6) is 0 Å². The van der Waals surface area contributed by atoms with Gasteiger partial charge in [0.05, 0.1) is 45.5 Å². The fourth-order valence-corrected chi connectivity index (χ4v) is 5.70. The molecule has 10 heteroatoms. The zero-order valence-corrected chi connectivity index (χ0v) is 18.5. The molecule has 1 aliphatic heterocycles. The van der Waals surface area contributed by atoms with Gasteiger partial charge in [-0.25, -0.2) is 22.9 Å². The summed E-state index contributed by atoms with van der Waals surface area (Å²) in [6.45, 7) is 0.736. The van der Waals surface area contributed by atoms with Gasteiger partial charge in [-0.2, -0.15) is 5.10 Å². The van der Waals surface area contributed by atoms with Crippen molar-refractivity contribution in [2.75, 3.05) is 18.4 Å². The summed E-state index contributed by atoms with van der Waals surface area (Å²) in [5.74, 6) is 0.543. The molecule has 1 saturated heterocycles. The number of benzene rings is 2. The van der Waals surface area contributed by atoms with E-state index in [-0.39, 0.29) is 6.03 Å². The van der Waals surface area contributed by atoms with Gasteiger partial charge < -0.3 is 10.2 Å². The first-order chi connectivity index (χ1) is 16.0. The number of carbonyl (C=O) groups excluding carboxylic acids is 1. The van der Waals surface area contributed by atoms with Gasteiger partial charge in [0.15, 0.2) is 15.7 Å². The highest BCUT2D eigenvalue weighted by Gasteiger charge is 2.32. The molecule has 9 nitrogen and oxygen atoms in total. The normalized spacial score (nSPS) is 15.0. The summed E-state index contributed by atoms with van der Waals surface area (Å²) in [5, 5.41) is 6.61. The van der Waals surface area contributed by atoms with Gasteiger partial charge in [0.2, 0.25) is 0 Å². The Labute approximate surface area is 191 Å². The highest BCUT2D eigenvalue weighted by atomic mass is 32.2. The lowest BCUT2D eigenvalue weighted by atomic mass is 10.1. The lowest BCUT2D eigenvalue weighted by Crippen LogP contribution is -2.44. The van der Waals surface area contributed by atoms with E-state index < -0.39 is 15.1 Å². The van der Waals surface area contributed by atoms with Crippen LogP contribution < -0.4 is 5.32 Å². The molecule has 2 aromatic carbocycles. The van der Waals surface area contributed by atoms with Gasteiger partial charge in [-0.1, -0.05) is 30.3 Å². The molecule has 0 radical (unpaired) electrons. The lowest BCUT2D eigenvalue weighted by molar-refractivity contribution is 0.200. The highest BCUT2D eigenvalue weighted by Crippen LogP contribution is 2.25. The molecular weight excluding hydrogens is 440 g/mol. The zero-order chi connectivity index (χ0) is 22.8. The summed E-state index contributed by atoms with van der Waals surface area (Å²) in [4.78, 5) is 23.6. The molecule has 3 heterocycles. The minimum absolute atomic E-state index is 0.283. The summed E-state index contributed by atoms with van der Waals surface area (Å²) in [7, 11) is -3.40. The number of carbonyl (C=O) groups is 1. The fraction of sp³-hybridized carbons (Fsp3) is 0.217. The van der Waals surface area contributed by atoms with Crippen LogP contribution in [-0.4, -0.2) is 57.4 Å². The summed E-state index contributed by atoms with van der Waals surface area (Å²) in [6, 6.07) is 15.7. The number of rotatable bonds is 4. The molecule has 33 heavy (non-hydrogen) atoms. The molecule has 0 unspecified atom stereocenters. The third-order valence-electron chi connectivity index (χ3n) is 5.74. The smallest absolute Gasteiger partial charge is 0.321 e. The van der Waals surface area contributed by atoms with Gasteiger partial charge >= 0.3 is 6.03 Å². The molecule has 2 amide bonds. The molecule has 0 atom stereocenters. The number of likely N-dealkylation sites (tertiary alicyclic amines) is 1. The molecule has 1 fully saturated rings. The average Bonchev–Trinajstić information content (AvgIpc) is 3.33. The van der Waals surface area contributed by atoms with Crippen molar-refractivity contribution in [2.45, 2.75) is 23.0 Å². The Bertz CT molecular complexity index is 1400. The first-order valence-electron chi connectivity index (χ1n) is 10.6. The zero-order valence-electron chi connectivity index (χ0n) is 17.7. The number of aromatic nitrogens is 4. The van der Waals surface area contributed by atoms with Gasteiger partial charge in [-0.05, 0) is 37.1 Å². The molecule has 4 aromatic rings. The molecule has 2 aromatic heterocycles. The number of piperidine rings is 1. The number of hydrogen-bond donors (Lipinski definition) is 1. The largest absolute Gasteiger partial charge is 0.324 e. The number of anilines is 1. The van der Waals surface area contributed by atoms with Crippen molar-refractivity contribution in [3.63, 3.8) is 0 Å². The maximum Gasteiger partial charge on any atom is 0.321 e. The highest BCUT2D eigenvalue weighted by molar-refractivity contribution is 7.92. The van der Waals surface area contributed by atoms with Crippen molar-refractivity contribution >= 4 is 32.6 Å². The topological polar surface area (TPSA) is 110 Å². The minimum atomic E-state index is -3.40. The van der Waals surface area contributed by atoms with E-state index >= 15 is 0 Å². The monoisotopic (exact) mass is 462 g/mol. The number of amides is 2. The summed E-state index contributed by atoms with van der Waals surface area (Å²) < 4.78 is 27.2. The predicted octanol–water partition coefficient (Wildman–Crippen LogP) is 3.29. The van der Waals surface area contributed by atoms with Crippen molar-refractivity contribution in [3.8, 4) is 5.82 Å². The van der Waals surface area contributed by atoms with Crippen LogP contribution in [0.15, 0.2) is 78.1 Å². The van der Waals surface area contributed by atoms with E-state index in [0.717, 1.165) is 11.0 Å². The quantitative estimate of drug-likeness (QED) is 0.498. The number of urea groups is 1. The van der Waals surface area contributed by atoms with Crippen molar-refractivity contribution < 1.29 is 13.2 Å². The third kappa shape index (κ3) is 4.29. The molecule has 5 rings (SSSR count). The van der Waals surface area contributed by atoms with Crippen LogP contribution in [0.3, 0.4) is 0 Å². The van der Waals surface area contributed by atoms with Gasteiger partial charge in [0.1, 0.15) is 0 Å². The Morgan fingerprint density at radius 3 is 2.39 bits per heavy atom. The van der Waals surface area contributed by atoms with Crippen LogP contribution in [0.2, 0.25) is 0 Å². The first-order valence-corrected chi connectivity index (χ1v) is 12.2. The van der Waals surface area contributed by atoms with Crippen LogP contribution in [0.4, 0.5) is 10.5 Å². The summed E-state index contributed by atoms with van der Waals surface area (Å²) in [6.07, 6.45) is 5.64. The number of fused-ring (bicyclic) bond motifs is 1. The first kappa shape index (κ1) is 21.1. The maximum absolute atomic E-state index is 12.8. The van der Waals surface area contributed by atoms with Crippen LogP contribution in [0.1, 0.15) is 12.8 Å². The van der Waals surface area contributed by atoms with Crippen LogP contribution in [0.25, 0.3) is 16.9 Å². The molecule has 0 spiro atoms. The van der Waals surface area contributed by atoms with Crippen LogP contribution in [0, 0.1) is 0 Å². The molecular formula is C23H22N6O3S. The summed E-state index contributed by atoms with van der Waals surface area (Å²) in [5.41, 5.74) is 2.07. The molecule has 1 aliphatic rings. The summed E-state index contributed by atoms with van der Waals surface area (Å²) >= 11 is 0. The Kier molecular flexibility index (Phi) is 5.51. The second kappa shape index (κ2) is 8.62. The van der Waals surface area contributed by atoms with E-state index in [1.807, 2.05) is 24.3 Å². The van der Waals surface area contributed by atoms with Crippen molar-refractivity contribution in [3.05, 3.63) is 73.2 Å². The fourth-order valence-electron chi connectivity index (χ4n) is 3.94. The number of hydrogen-bond acceptors (Lipinski definition) is 6. The second-order valence-electron chi connectivity index (χ2n) is 7.87. The molecule has 0 aliphatic carbocycles. The van der Waals surface area contributed by atoms with E-state index in [0.29, 0.717) is 42.3 Å². The molecule has 168 valence electrons. The van der Waals surface area contributed by atoms with E-state index in [1.54, 1.807) is 58.5 Å². The standard InChI is InChI=1S/C23H22N6O3S/c30-23(28-12-10-19(11-13-28)33(31,32)18-6-2-1-3-7-18)26-17-14-25-29(16-17)22-15-24-20-8-4-5-9-21(20)27-22/h1-9,14-16,19H,10-13H2,(H,26,30). The number of para-hydroxylation sites is 2.